The van der Waals surface area contributed by atoms with Gasteiger partial charge < -0.3 is 4.57 Å². The van der Waals surface area contributed by atoms with Crippen LogP contribution in [-0.2, 0) is 6.42 Å². The molecule has 5 aromatic carbocycles. The summed E-state index contributed by atoms with van der Waals surface area (Å²) in [4.78, 5) is 4.70. The lowest BCUT2D eigenvalue weighted by molar-refractivity contribution is 1.04. The summed E-state index contributed by atoms with van der Waals surface area (Å²) in [5.41, 5.74) is 11.3. The predicted molar refractivity (Wildman–Crippen MR) is 152 cm³/mol. The fourth-order valence-electron chi connectivity index (χ4n) is 6.04. The summed E-state index contributed by atoms with van der Waals surface area (Å²) in [7, 11) is 0. The first-order valence-electron chi connectivity index (χ1n) is 12.7. The second-order valence-electron chi connectivity index (χ2n) is 9.68. The number of para-hydroxylation sites is 2. The minimum atomic E-state index is 0.917. The number of rotatable bonds is 3. The van der Waals surface area contributed by atoms with Gasteiger partial charge in [0.1, 0.15) is 5.82 Å². The molecule has 0 amide bonds. The first kappa shape index (κ1) is 20.3. The van der Waals surface area contributed by atoms with Crippen molar-refractivity contribution in [3.05, 3.63) is 139 Å². The highest BCUT2D eigenvalue weighted by Gasteiger charge is 2.24. The Kier molecular flexibility index (Phi) is 4.29. The van der Waals surface area contributed by atoms with Crippen LogP contribution >= 0.6 is 0 Å². The highest BCUT2D eigenvalue weighted by atomic mass is 15.1. The molecule has 2 heterocycles. The van der Waals surface area contributed by atoms with E-state index in [1.165, 1.54) is 55.4 Å². The molecule has 0 atom stereocenters. The molecule has 7 aromatic rings. The van der Waals surface area contributed by atoms with Crippen LogP contribution in [0.15, 0.2) is 128 Å². The molecule has 0 saturated carbocycles. The third-order valence-electron chi connectivity index (χ3n) is 7.67. The van der Waals surface area contributed by atoms with Gasteiger partial charge in [0.25, 0.3) is 0 Å². The van der Waals surface area contributed by atoms with Gasteiger partial charge in [0.05, 0.1) is 16.7 Å². The van der Waals surface area contributed by atoms with Crippen molar-refractivity contribution < 1.29 is 0 Å². The maximum Gasteiger partial charge on any atom is 0.144 e. The smallest absolute Gasteiger partial charge is 0.144 e. The Hall–Kier alpha value is -4.89. The van der Waals surface area contributed by atoms with Crippen LogP contribution in [0, 0.1) is 0 Å². The molecule has 8 rings (SSSR count). The van der Waals surface area contributed by atoms with Crippen molar-refractivity contribution >= 4 is 21.8 Å². The number of imidazole rings is 1. The van der Waals surface area contributed by atoms with Crippen LogP contribution in [0.4, 0.5) is 0 Å². The molecule has 0 fully saturated rings. The van der Waals surface area contributed by atoms with Gasteiger partial charge in [0.15, 0.2) is 0 Å². The molecule has 0 N–H and O–H groups in total. The molecule has 2 aromatic heterocycles. The van der Waals surface area contributed by atoms with Crippen LogP contribution in [0.1, 0.15) is 11.1 Å². The molecule has 3 nitrogen and oxygen atoms in total. The Labute approximate surface area is 214 Å². The summed E-state index contributed by atoms with van der Waals surface area (Å²) in [5.74, 6) is 0.968. The molecule has 0 radical (unpaired) electrons. The Morgan fingerprint density at radius 2 is 1.35 bits per heavy atom. The van der Waals surface area contributed by atoms with Crippen molar-refractivity contribution in [3.63, 3.8) is 0 Å². The lowest BCUT2D eigenvalue weighted by Crippen LogP contribution is -2.00. The average Bonchev–Trinajstić information content (AvgIpc) is 3.67. The van der Waals surface area contributed by atoms with E-state index in [2.05, 4.69) is 125 Å². The van der Waals surface area contributed by atoms with E-state index in [1.54, 1.807) is 0 Å². The lowest BCUT2D eigenvalue weighted by atomic mass is 10.0. The van der Waals surface area contributed by atoms with Gasteiger partial charge in [-0.3, -0.25) is 4.57 Å². The van der Waals surface area contributed by atoms with Gasteiger partial charge >= 0.3 is 0 Å². The average molecular weight is 474 g/mol. The molecular formula is C34H23N3. The zero-order valence-corrected chi connectivity index (χ0v) is 20.2. The number of hydrogen-bond acceptors (Lipinski definition) is 1. The molecule has 0 aliphatic heterocycles. The molecule has 0 saturated heterocycles. The monoisotopic (exact) mass is 473 g/mol. The number of hydrogen-bond donors (Lipinski definition) is 0. The Morgan fingerprint density at radius 3 is 2.14 bits per heavy atom. The summed E-state index contributed by atoms with van der Waals surface area (Å²) in [6, 6.07) is 41.4. The maximum atomic E-state index is 4.70. The summed E-state index contributed by atoms with van der Waals surface area (Å²) < 4.78 is 4.63. The number of fused-ring (bicyclic) bond motifs is 6. The zero-order chi connectivity index (χ0) is 24.3. The Morgan fingerprint density at radius 1 is 0.622 bits per heavy atom. The number of aromatic nitrogens is 3. The van der Waals surface area contributed by atoms with Gasteiger partial charge in [-0.15, -0.1) is 0 Å². The molecule has 0 unspecified atom stereocenters. The van der Waals surface area contributed by atoms with Gasteiger partial charge in [-0.25, -0.2) is 4.98 Å². The summed E-state index contributed by atoms with van der Waals surface area (Å²) in [6.07, 6.45) is 4.88. The van der Waals surface area contributed by atoms with Crippen molar-refractivity contribution in [2.75, 3.05) is 0 Å². The van der Waals surface area contributed by atoms with E-state index in [-0.39, 0.29) is 0 Å². The normalized spacial score (nSPS) is 12.2. The van der Waals surface area contributed by atoms with E-state index in [1.807, 2.05) is 12.3 Å². The largest absolute Gasteiger partial charge is 0.309 e. The van der Waals surface area contributed by atoms with Gasteiger partial charge in [0.2, 0.25) is 0 Å². The molecular weight excluding hydrogens is 450 g/mol. The first-order valence-corrected chi connectivity index (χ1v) is 12.7. The standard InChI is InChI=1S/C34H23N3/c1-2-9-23(10-3-1)34-35-19-20-36(34)31-16-8-13-26-29-22-25(18-17-24(29)21-30(26)31)37-32-14-6-4-11-27(32)28-12-5-7-15-33(28)37/h1-20,22H,21H2. The van der Waals surface area contributed by atoms with Crippen LogP contribution in [0.25, 0.3) is 55.7 Å². The van der Waals surface area contributed by atoms with E-state index in [4.69, 9.17) is 4.98 Å². The van der Waals surface area contributed by atoms with Crippen molar-refractivity contribution in [1.29, 1.82) is 0 Å². The fraction of sp³-hybridized carbons (Fsp3) is 0.0294. The molecule has 174 valence electrons. The number of nitrogens with zero attached hydrogens (tertiary/aromatic N) is 3. The summed E-state index contributed by atoms with van der Waals surface area (Å²) in [5, 5.41) is 2.57. The van der Waals surface area contributed by atoms with E-state index < -0.39 is 0 Å². The predicted octanol–water partition coefficient (Wildman–Crippen LogP) is 8.21. The van der Waals surface area contributed by atoms with Crippen LogP contribution in [0.2, 0.25) is 0 Å². The summed E-state index contributed by atoms with van der Waals surface area (Å²) in [6.45, 7) is 0. The van der Waals surface area contributed by atoms with Crippen LogP contribution in [-0.4, -0.2) is 14.1 Å². The van der Waals surface area contributed by atoms with E-state index in [0.29, 0.717) is 0 Å². The SMILES string of the molecule is c1ccc(-c2nccn2-c2cccc3c2Cc2ccc(-n4c5ccccc5c5ccccc54)cc2-3)cc1. The van der Waals surface area contributed by atoms with Crippen molar-refractivity contribution in [3.8, 4) is 33.9 Å². The van der Waals surface area contributed by atoms with E-state index in [9.17, 15) is 0 Å². The zero-order valence-electron chi connectivity index (χ0n) is 20.2. The fourth-order valence-corrected chi connectivity index (χ4v) is 6.04. The lowest BCUT2D eigenvalue weighted by Gasteiger charge is -2.13. The second kappa shape index (κ2) is 7.81. The second-order valence-corrected chi connectivity index (χ2v) is 9.68. The molecule has 1 aliphatic rings. The number of benzene rings is 5. The highest BCUT2D eigenvalue weighted by Crippen LogP contribution is 2.42. The van der Waals surface area contributed by atoms with Gasteiger partial charge in [-0.05, 0) is 52.6 Å². The highest BCUT2D eigenvalue weighted by molar-refractivity contribution is 6.09. The molecule has 0 spiro atoms. The quantitative estimate of drug-likeness (QED) is 0.253. The Bertz CT molecular complexity index is 1900. The topological polar surface area (TPSA) is 22.8 Å². The van der Waals surface area contributed by atoms with Crippen LogP contribution < -0.4 is 0 Å². The van der Waals surface area contributed by atoms with E-state index >= 15 is 0 Å². The molecule has 3 heteroatoms. The van der Waals surface area contributed by atoms with Gasteiger partial charge in [0, 0.05) is 40.8 Å². The molecule has 0 bridgehead atoms. The van der Waals surface area contributed by atoms with Crippen molar-refractivity contribution in [1.82, 2.24) is 14.1 Å². The minimum absolute atomic E-state index is 0.917. The van der Waals surface area contributed by atoms with Crippen LogP contribution in [0.3, 0.4) is 0 Å². The maximum absolute atomic E-state index is 4.70. The minimum Gasteiger partial charge on any atom is -0.309 e. The van der Waals surface area contributed by atoms with Crippen molar-refractivity contribution in [2.24, 2.45) is 0 Å². The van der Waals surface area contributed by atoms with Crippen molar-refractivity contribution in [2.45, 2.75) is 6.42 Å². The van der Waals surface area contributed by atoms with Gasteiger partial charge in [-0.2, -0.15) is 0 Å². The Balaban J connectivity index is 1.31. The van der Waals surface area contributed by atoms with Gasteiger partial charge in [-0.1, -0.05) is 84.9 Å². The third-order valence-corrected chi connectivity index (χ3v) is 7.67. The first-order chi connectivity index (χ1) is 18.4. The van der Waals surface area contributed by atoms with Crippen LogP contribution in [0.5, 0.6) is 0 Å². The summed E-state index contributed by atoms with van der Waals surface area (Å²) >= 11 is 0. The molecule has 37 heavy (non-hydrogen) atoms. The molecule has 1 aliphatic carbocycles. The third kappa shape index (κ3) is 2.98. The van der Waals surface area contributed by atoms with E-state index in [0.717, 1.165) is 17.8 Å².